The molecule has 1 N–H and O–H groups in total. The quantitative estimate of drug-likeness (QED) is 0.628. The highest BCUT2D eigenvalue weighted by Crippen LogP contribution is 2.25. The van der Waals surface area contributed by atoms with Gasteiger partial charge < -0.3 is 19.7 Å². The van der Waals surface area contributed by atoms with Crippen LogP contribution < -0.4 is 14.8 Å². The fourth-order valence-corrected chi connectivity index (χ4v) is 4.13. The van der Waals surface area contributed by atoms with Crippen LogP contribution in [0.25, 0.3) is 11.1 Å². The standard InChI is InChI=1S/C27H28N2O4/c1-32-23-13-11-21(12-14-23)20-9-7-19(8-10-20)17-22-18-29(16-15-28-26(22)30)27(31)24-5-3-4-6-25(24)33-2/h3-14,22H,15-18H2,1-2H3,(H,28,30). The van der Waals surface area contributed by atoms with E-state index in [1.54, 1.807) is 31.3 Å². The van der Waals surface area contributed by atoms with Crippen molar-refractivity contribution in [3.05, 3.63) is 83.9 Å². The molecule has 1 unspecified atom stereocenters. The van der Waals surface area contributed by atoms with E-state index in [0.717, 1.165) is 22.4 Å². The molecule has 1 heterocycles. The molecule has 0 bridgehead atoms. The Morgan fingerprint density at radius 1 is 0.939 bits per heavy atom. The lowest BCUT2D eigenvalue weighted by atomic mass is 9.96. The second-order valence-corrected chi connectivity index (χ2v) is 8.07. The fraction of sp³-hybridized carbons (Fsp3) is 0.259. The fourth-order valence-electron chi connectivity index (χ4n) is 4.13. The largest absolute Gasteiger partial charge is 0.497 e. The van der Waals surface area contributed by atoms with E-state index in [9.17, 15) is 9.59 Å². The molecule has 1 atom stereocenters. The summed E-state index contributed by atoms with van der Waals surface area (Å²) in [4.78, 5) is 27.6. The molecule has 0 aliphatic carbocycles. The highest BCUT2D eigenvalue weighted by Gasteiger charge is 2.29. The topological polar surface area (TPSA) is 67.9 Å². The zero-order valence-corrected chi connectivity index (χ0v) is 18.9. The number of nitrogens with zero attached hydrogens (tertiary/aromatic N) is 1. The minimum absolute atomic E-state index is 0.0236. The summed E-state index contributed by atoms with van der Waals surface area (Å²) in [6.45, 7) is 1.27. The first-order valence-corrected chi connectivity index (χ1v) is 11.0. The average Bonchev–Trinajstić information content (AvgIpc) is 3.05. The van der Waals surface area contributed by atoms with Gasteiger partial charge in [-0.15, -0.1) is 0 Å². The van der Waals surface area contributed by atoms with Gasteiger partial charge in [-0.05, 0) is 47.4 Å². The van der Waals surface area contributed by atoms with Crippen LogP contribution in [0.5, 0.6) is 11.5 Å². The number of hydrogen-bond donors (Lipinski definition) is 1. The van der Waals surface area contributed by atoms with Crippen molar-refractivity contribution >= 4 is 11.8 Å². The molecule has 0 radical (unpaired) electrons. The molecule has 33 heavy (non-hydrogen) atoms. The predicted octanol–water partition coefficient (Wildman–Crippen LogP) is 3.80. The van der Waals surface area contributed by atoms with Crippen molar-refractivity contribution in [2.24, 2.45) is 5.92 Å². The molecule has 1 fully saturated rings. The molecule has 1 aliphatic heterocycles. The predicted molar refractivity (Wildman–Crippen MR) is 128 cm³/mol. The Labute approximate surface area is 194 Å². The maximum atomic E-state index is 13.2. The number of rotatable bonds is 6. The van der Waals surface area contributed by atoms with Crippen LogP contribution in [0, 0.1) is 5.92 Å². The maximum Gasteiger partial charge on any atom is 0.257 e. The number of hydrogen-bond acceptors (Lipinski definition) is 4. The molecule has 3 aromatic carbocycles. The molecule has 1 saturated heterocycles. The van der Waals surface area contributed by atoms with Gasteiger partial charge in [-0.1, -0.05) is 48.5 Å². The summed E-state index contributed by atoms with van der Waals surface area (Å²) in [5.74, 6) is 0.894. The van der Waals surface area contributed by atoms with E-state index in [-0.39, 0.29) is 17.7 Å². The van der Waals surface area contributed by atoms with E-state index in [1.807, 2.05) is 48.5 Å². The van der Waals surface area contributed by atoms with Gasteiger partial charge in [0.25, 0.3) is 5.91 Å². The Morgan fingerprint density at radius 3 is 2.27 bits per heavy atom. The van der Waals surface area contributed by atoms with Crippen molar-refractivity contribution < 1.29 is 19.1 Å². The molecule has 6 heteroatoms. The third-order valence-corrected chi connectivity index (χ3v) is 5.98. The van der Waals surface area contributed by atoms with Gasteiger partial charge in [-0.25, -0.2) is 0 Å². The molecule has 0 aromatic heterocycles. The first kappa shape index (κ1) is 22.4. The highest BCUT2D eigenvalue weighted by molar-refractivity contribution is 5.97. The van der Waals surface area contributed by atoms with Crippen LogP contribution >= 0.6 is 0 Å². The molecule has 0 saturated carbocycles. The van der Waals surface area contributed by atoms with E-state index in [1.165, 1.54) is 0 Å². The van der Waals surface area contributed by atoms with Gasteiger partial charge in [0.2, 0.25) is 5.91 Å². The maximum absolute atomic E-state index is 13.2. The highest BCUT2D eigenvalue weighted by atomic mass is 16.5. The number of nitrogens with one attached hydrogen (secondary N) is 1. The molecule has 3 aromatic rings. The third-order valence-electron chi connectivity index (χ3n) is 5.98. The first-order chi connectivity index (χ1) is 16.1. The van der Waals surface area contributed by atoms with Crippen molar-refractivity contribution in [1.29, 1.82) is 0 Å². The molecular weight excluding hydrogens is 416 g/mol. The lowest BCUT2D eigenvalue weighted by molar-refractivity contribution is -0.124. The van der Waals surface area contributed by atoms with Crippen LogP contribution in [-0.2, 0) is 11.2 Å². The zero-order chi connectivity index (χ0) is 23.2. The first-order valence-electron chi connectivity index (χ1n) is 11.0. The second kappa shape index (κ2) is 10.2. The van der Waals surface area contributed by atoms with Crippen molar-refractivity contribution in [1.82, 2.24) is 10.2 Å². The number of carbonyl (C=O) groups is 2. The number of para-hydroxylation sites is 1. The minimum Gasteiger partial charge on any atom is -0.497 e. The van der Waals surface area contributed by atoms with Gasteiger partial charge in [-0.2, -0.15) is 0 Å². The van der Waals surface area contributed by atoms with Crippen LogP contribution in [0.4, 0.5) is 0 Å². The Kier molecular flexibility index (Phi) is 6.93. The molecule has 2 amide bonds. The van der Waals surface area contributed by atoms with Gasteiger partial charge in [0.05, 0.1) is 25.7 Å². The third kappa shape index (κ3) is 5.17. The molecule has 6 nitrogen and oxygen atoms in total. The molecule has 0 spiro atoms. The van der Waals surface area contributed by atoms with Gasteiger partial charge in [-0.3, -0.25) is 9.59 Å². The van der Waals surface area contributed by atoms with Gasteiger partial charge >= 0.3 is 0 Å². The van der Waals surface area contributed by atoms with Crippen LogP contribution in [0.2, 0.25) is 0 Å². The van der Waals surface area contributed by atoms with Gasteiger partial charge in [0.15, 0.2) is 0 Å². The van der Waals surface area contributed by atoms with Crippen LogP contribution in [0.15, 0.2) is 72.8 Å². The van der Waals surface area contributed by atoms with Gasteiger partial charge in [0, 0.05) is 19.6 Å². The van der Waals surface area contributed by atoms with E-state index in [2.05, 4.69) is 17.4 Å². The Hall–Kier alpha value is -3.80. The number of carbonyl (C=O) groups excluding carboxylic acids is 2. The summed E-state index contributed by atoms with van der Waals surface area (Å²) in [7, 11) is 3.20. The van der Waals surface area contributed by atoms with E-state index in [4.69, 9.17) is 9.47 Å². The Bertz CT molecular complexity index is 1110. The second-order valence-electron chi connectivity index (χ2n) is 8.07. The number of methoxy groups -OCH3 is 2. The van der Waals surface area contributed by atoms with Crippen molar-refractivity contribution in [3.63, 3.8) is 0 Å². The summed E-state index contributed by atoms with van der Waals surface area (Å²) in [5.41, 5.74) is 3.76. The summed E-state index contributed by atoms with van der Waals surface area (Å²) >= 11 is 0. The van der Waals surface area contributed by atoms with E-state index < -0.39 is 0 Å². The van der Waals surface area contributed by atoms with Crippen molar-refractivity contribution in [2.45, 2.75) is 6.42 Å². The van der Waals surface area contributed by atoms with Crippen LogP contribution in [-0.4, -0.2) is 50.6 Å². The van der Waals surface area contributed by atoms with E-state index >= 15 is 0 Å². The van der Waals surface area contributed by atoms with Crippen molar-refractivity contribution in [3.8, 4) is 22.6 Å². The number of ether oxygens (including phenoxy) is 2. The summed E-state index contributed by atoms with van der Waals surface area (Å²) in [6.07, 6.45) is 0.560. The monoisotopic (exact) mass is 444 g/mol. The average molecular weight is 445 g/mol. The Balaban J connectivity index is 1.48. The van der Waals surface area contributed by atoms with Gasteiger partial charge in [0.1, 0.15) is 11.5 Å². The molecule has 4 rings (SSSR count). The Morgan fingerprint density at radius 2 is 1.61 bits per heavy atom. The molecule has 1 aliphatic rings. The lowest BCUT2D eigenvalue weighted by Crippen LogP contribution is -2.37. The van der Waals surface area contributed by atoms with Crippen LogP contribution in [0.3, 0.4) is 0 Å². The minimum atomic E-state index is -0.321. The number of benzene rings is 3. The zero-order valence-electron chi connectivity index (χ0n) is 18.9. The summed E-state index contributed by atoms with van der Waals surface area (Å²) in [6, 6.07) is 23.3. The number of amides is 2. The molecule has 170 valence electrons. The van der Waals surface area contributed by atoms with Crippen molar-refractivity contribution in [2.75, 3.05) is 33.9 Å². The smallest absolute Gasteiger partial charge is 0.257 e. The van der Waals surface area contributed by atoms with Crippen LogP contribution in [0.1, 0.15) is 15.9 Å². The molecular formula is C27H28N2O4. The normalized spacial score (nSPS) is 16.0. The van der Waals surface area contributed by atoms with E-state index in [0.29, 0.717) is 37.4 Å². The summed E-state index contributed by atoms with van der Waals surface area (Å²) in [5, 5.41) is 2.95. The summed E-state index contributed by atoms with van der Waals surface area (Å²) < 4.78 is 10.6. The lowest BCUT2D eigenvalue weighted by Gasteiger charge is -2.24. The SMILES string of the molecule is COc1ccc(-c2ccc(CC3CN(C(=O)c4ccccc4OC)CCNC3=O)cc2)cc1.